The zero-order valence-electron chi connectivity index (χ0n) is 5.38. The molecule has 5 N–H and O–H groups in total. The zero-order chi connectivity index (χ0) is 8.43. The first-order valence-corrected chi connectivity index (χ1v) is 2.77. The smallest absolute Gasteiger partial charge is 0.323 e. The number of nitrogens with two attached hydrogens (primary N) is 1. The minimum absolute atomic E-state index is 0.617. The molecule has 1 saturated heterocycles. The summed E-state index contributed by atoms with van der Waals surface area (Å²) in [7, 11) is 0. The van der Waals surface area contributed by atoms with Gasteiger partial charge in [-0.2, -0.15) is 0 Å². The van der Waals surface area contributed by atoms with Crippen LogP contribution in [0, 0.1) is 0 Å². The van der Waals surface area contributed by atoms with Crippen molar-refractivity contribution in [3.8, 4) is 0 Å². The van der Waals surface area contributed by atoms with Gasteiger partial charge in [0, 0.05) is 0 Å². The Hall–Kier alpha value is -1.79. The van der Waals surface area contributed by atoms with Crippen LogP contribution in [0.15, 0.2) is 0 Å². The Bertz CT molecular complexity index is 225. The van der Waals surface area contributed by atoms with Crippen molar-refractivity contribution < 1.29 is 14.4 Å². The molecular weight excluding hydrogens is 154 g/mol. The summed E-state index contributed by atoms with van der Waals surface area (Å²) < 4.78 is 0. The Balaban J connectivity index is 2.53. The van der Waals surface area contributed by atoms with E-state index in [2.05, 4.69) is 5.32 Å². The molecule has 0 saturated carbocycles. The van der Waals surface area contributed by atoms with Crippen LogP contribution < -0.4 is 21.7 Å². The lowest BCUT2D eigenvalue weighted by Crippen LogP contribution is -2.48. The van der Waals surface area contributed by atoms with Gasteiger partial charge in [-0.15, -0.1) is 0 Å². The SMILES string of the molecule is NC(=O)N[13CH]1[15NH]C(=O)NC1=O. The molecule has 1 atom stereocenters. The third-order valence-electron chi connectivity index (χ3n) is 1.06. The van der Waals surface area contributed by atoms with Crippen molar-refractivity contribution in [2.45, 2.75) is 6.17 Å². The summed E-state index contributed by atoms with van der Waals surface area (Å²) in [5, 5.41) is 6.05. The summed E-state index contributed by atoms with van der Waals surface area (Å²) in [6.07, 6.45) is -1.04. The summed E-state index contributed by atoms with van der Waals surface area (Å²) in [4.78, 5) is 31.3. The van der Waals surface area contributed by atoms with Crippen LogP contribution in [0.3, 0.4) is 0 Å². The number of imide groups is 1. The van der Waals surface area contributed by atoms with Crippen molar-refractivity contribution >= 4 is 18.0 Å². The monoisotopic (exact) mass is 160 g/mol. The van der Waals surface area contributed by atoms with E-state index in [1.807, 2.05) is 10.6 Å². The molecular formula is C4H6N4O3. The number of urea groups is 2. The quantitative estimate of drug-likeness (QED) is 0.198. The van der Waals surface area contributed by atoms with Gasteiger partial charge in [0.1, 0.15) is 0 Å². The van der Waals surface area contributed by atoms with E-state index in [9.17, 15) is 14.4 Å². The zero-order valence-corrected chi connectivity index (χ0v) is 5.38. The standard InChI is InChI=1S/C4H6N4O3/c5-3(10)6-1-2(9)8-4(11)7-1/h1H,(H3,5,6,10)(H2,7,8,9,11)/i1+1,7+1. The van der Waals surface area contributed by atoms with Crippen molar-refractivity contribution in [2.24, 2.45) is 5.73 Å². The first kappa shape index (κ1) is 7.32. The second-order valence-corrected chi connectivity index (χ2v) is 1.90. The minimum atomic E-state index is -1.04. The molecule has 0 aromatic heterocycles. The van der Waals surface area contributed by atoms with E-state index in [1.165, 1.54) is 0 Å². The first-order valence-electron chi connectivity index (χ1n) is 2.77. The van der Waals surface area contributed by atoms with Crippen molar-refractivity contribution in [1.29, 1.82) is 0 Å². The molecule has 60 valence electrons. The summed E-state index contributed by atoms with van der Waals surface area (Å²) >= 11 is 0. The lowest BCUT2D eigenvalue weighted by Gasteiger charge is -2.05. The Kier molecular flexibility index (Phi) is 1.63. The van der Waals surface area contributed by atoms with Gasteiger partial charge in [0.15, 0.2) is 6.17 Å². The third-order valence-corrected chi connectivity index (χ3v) is 1.06. The number of rotatable bonds is 1. The van der Waals surface area contributed by atoms with Gasteiger partial charge in [-0.3, -0.25) is 10.1 Å². The molecule has 11 heavy (non-hydrogen) atoms. The van der Waals surface area contributed by atoms with Gasteiger partial charge in [0.25, 0.3) is 5.91 Å². The number of primary amides is 1. The number of hydrogen-bond donors (Lipinski definition) is 4. The molecule has 1 heterocycles. The molecule has 7 heteroatoms. The Morgan fingerprint density at radius 2 is 2.18 bits per heavy atom. The average Bonchev–Trinajstić information content (AvgIpc) is 2.09. The third kappa shape index (κ3) is 1.57. The summed E-state index contributed by atoms with van der Waals surface area (Å²) in [5.74, 6) is -0.617. The fraction of sp³-hybridized carbons (Fsp3) is 0.250. The highest BCUT2D eigenvalue weighted by atomic mass is 16.3. The van der Waals surface area contributed by atoms with Gasteiger partial charge >= 0.3 is 12.1 Å². The van der Waals surface area contributed by atoms with Gasteiger partial charge in [-0.05, 0) is 0 Å². The summed E-state index contributed by atoms with van der Waals surface area (Å²) in [5.41, 5.74) is 4.70. The number of carbonyl (C=O) groups excluding carboxylic acids is 3. The van der Waals surface area contributed by atoms with E-state index in [4.69, 9.17) is 5.73 Å². The minimum Gasteiger partial charge on any atom is -0.352 e. The number of nitrogens with one attached hydrogen (secondary N) is 3. The van der Waals surface area contributed by atoms with Crippen LogP contribution in [0.5, 0.6) is 0 Å². The van der Waals surface area contributed by atoms with Crippen LogP contribution in [0.2, 0.25) is 0 Å². The van der Waals surface area contributed by atoms with Gasteiger partial charge < -0.3 is 16.4 Å². The predicted molar refractivity (Wildman–Crippen MR) is 33.2 cm³/mol. The molecule has 7 nitrogen and oxygen atoms in total. The number of hydrogen-bond acceptors (Lipinski definition) is 3. The fourth-order valence-electron chi connectivity index (χ4n) is 0.661. The van der Waals surface area contributed by atoms with E-state index in [0.29, 0.717) is 0 Å². The molecule has 1 unspecified atom stereocenters. The maximum absolute atomic E-state index is 10.7. The molecule has 0 aromatic carbocycles. The van der Waals surface area contributed by atoms with Crippen LogP contribution in [0.4, 0.5) is 9.59 Å². The van der Waals surface area contributed by atoms with Gasteiger partial charge in [-0.25, -0.2) is 9.59 Å². The number of amides is 5. The largest absolute Gasteiger partial charge is 0.352 e. The maximum atomic E-state index is 10.7. The van der Waals surface area contributed by atoms with E-state index in [1.54, 1.807) is 0 Å². The fourth-order valence-corrected chi connectivity index (χ4v) is 0.661. The molecule has 1 fully saturated rings. The first-order chi connectivity index (χ1) is 5.09. The molecule has 1 aliphatic heterocycles. The second kappa shape index (κ2) is 2.45. The topological polar surface area (TPSA) is 113 Å². The highest BCUT2D eigenvalue weighted by molar-refractivity contribution is 6.05. The Morgan fingerprint density at radius 3 is 2.55 bits per heavy atom. The van der Waals surface area contributed by atoms with Crippen LogP contribution in [0.1, 0.15) is 0 Å². The van der Waals surface area contributed by atoms with E-state index >= 15 is 0 Å². The van der Waals surface area contributed by atoms with Crippen molar-refractivity contribution in [3.63, 3.8) is 0 Å². The molecule has 1 aliphatic rings. The Labute approximate surface area is 61.3 Å². The van der Waals surface area contributed by atoms with Crippen molar-refractivity contribution in [3.05, 3.63) is 0 Å². The summed E-state index contributed by atoms with van der Waals surface area (Å²) in [6, 6.07) is -1.51. The van der Waals surface area contributed by atoms with E-state index < -0.39 is 24.1 Å². The lowest BCUT2D eigenvalue weighted by molar-refractivity contribution is -0.120. The van der Waals surface area contributed by atoms with Crippen LogP contribution in [-0.2, 0) is 4.79 Å². The molecule has 1 rings (SSSR count). The molecule has 0 radical (unpaired) electrons. The molecule has 0 aliphatic carbocycles. The molecule has 0 spiro atoms. The van der Waals surface area contributed by atoms with Crippen LogP contribution >= 0.6 is 0 Å². The average molecular weight is 160 g/mol. The normalized spacial score (nSPS) is 22.4. The van der Waals surface area contributed by atoms with Gasteiger partial charge in [0.05, 0.1) is 0 Å². The Morgan fingerprint density at radius 1 is 1.55 bits per heavy atom. The maximum Gasteiger partial charge on any atom is 0.323 e. The lowest BCUT2D eigenvalue weighted by atomic mass is 10.8. The van der Waals surface area contributed by atoms with Gasteiger partial charge in [0.2, 0.25) is 0 Å². The molecule has 0 aromatic rings. The molecule has 0 bridgehead atoms. The van der Waals surface area contributed by atoms with Crippen LogP contribution in [-0.4, -0.2) is 24.1 Å². The van der Waals surface area contributed by atoms with Crippen LogP contribution in [0.25, 0.3) is 0 Å². The van der Waals surface area contributed by atoms with Crippen molar-refractivity contribution in [2.75, 3.05) is 0 Å². The molecule has 5 amide bonds. The highest BCUT2D eigenvalue weighted by Gasteiger charge is 2.29. The van der Waals surface area contributed by atoms with Crippen molar-refractivity contribution in [1.82, 2.24) is 16.0 Å². The summed E-state index contributed by atoms with van der Waals surface area (Å²) in [6.45, 7) is 0. The second-order valence-electron chi connectivity index (χ2n) is 1.90. The van der Waals surface area contributed by atoms with E-state index in [-0.39, 0.29) is 0 Å². The van der Waals surface area contributed by atoms with Gasteiger partial charge in [-0.1, -0.05) is 0 Å². The van der Waals surface area contributed by atoms with E-state index in [0.717, 1.165) is 0 Å². The number of carbonyl (C=O) groups is 3. The predicted octanol–water partition coefficient (Wildman–Crippen LogP) is -2.18. The highest BCUT2D eigenvalue weighted by Crippen LogP contribution is 1.86.